The van der Waals surface area contributed by atoms with Gasteiger partial charge in [-0.25, -0.2) is 4.98 Å². The number of nitrogens with one attached hydrogen (secondary N) is 1. The summed E-state index contributed by atoms with van der Waals surface area (Å²) >= 11 is 0. The molecule has 2 aromatic rings. The molecule has 0 radical (unpaired) electrons. The molecule has 0 unspecified atom stereocenters. The number of amides is 1. The van der Waals surface area contributed by atoms with Crippen LogP contribution in [0, 0.1) is 6.92 Å². The molecule has 0 saturated carbocycles. The molecule has 6 heteroatoms. The number of imidazole rings is 1. The van der Waals surface area contributed by atoms with E-state index in [4.69, 9.17) is 4.74 Å². The summed E-state index contributed by atoms with van der Waals surface area (Å²) in [5, 5.41) is 3.15. The molecule has 24 heavy (non-hydrogen) atoms. The molecule has 0 aromatic carbocycles. The molecular formula is C18H26N4O2. The average molecular weight is 330 g/mol. The van der Waals surface area contributed by atoms with Crippen LogP contribution in [0.4, 0.5) is 0 Å². The average Bonchev–Trinajstić information content (AvgIpc) is 3.09. The maximum absolute atomic E-state index is 12.6. The number of carbonyl (C=O) groups excluding carboxylic acids is 1. The first-order chi connectivity index (χ1) is 11.5. The molecule has 0 bridgehead atoms. The number of pyridine rings is 1. The van der Waals surface area contributed by atoms with Crippen molar-refractivity contribution < 1.29 is 9.53 Å². The molecule has 1 aliphatic heterocycles. The third-order valence-electron chi connectivity index (χ3n) is 4.83. The van der Waals surface area contributed by atoms with Gasteiger partial charge in [-0.3, -0.25) is 9.69 Å². The molecule has 0 spiro atoms. The second kappa shape index (κ2) is 6.91. The molecule has 1 saturated heterocycles. The fourth-order valence-corrected chi connectivity index (χ4v) is 3.39. The van der Waals surface area contributed by atoms with Crippen LogP contribution in [0.2, 0.25) is 0 Å². The van der Waals surface area contributed by atoms with Gasteiger partial charge in [0.25, 0.3) is 0 Å². The van der Waals surface area contributed by atoms with E-state index < -0.39 is 0 Å². The Morgan fingerprint density at radius 2 is 2.21 bits per heavy atom. The van der Waals surface area contributed by atoms with Gasteiger partial charge < -0.3 is 14.5 Å². The molecule has 2 atom stereocenters. The van der Waals surface area contributed by atoms with E-state index in [0.717, 1.165) is 30.1 Å². The zero-order valence-electron chi connectivity index (χ0n) is 14.8. The monoisotopic (exact) mass is 330 g/mol. The Hall–Kier alpha value is -1.92. The highest BCUT2D eigenvalue weighted by atomic mass is 16.5. The number of hydrogen-bond donors (Lipinski definition) is 1. The number of aryl methyl sites for hydroxylation is 1. The molecule has 1 amide bonds. The Morgan fingerprint density at radius 1 is 1.42 bits per heavy atom. The lowest BCUT2D eigenvalue weighted by molar-refractivity contribution is -0.121. The minimum absolute atomic E-state index is 0.0152. The summed E-state index contributed by atoms with van der Waals surface area (Å²) in [6.45, 7) is 7.96. The number of carbonyl (C=O) groups is 1. The first kappa shape index (κ1) is 16.9. The van der Waals surface area contributed by atoms with Crippen molar-refractivity contribution in [2.24, 2.45) is 0 Å². The van der Waals surface area contributed by atoms with E-state index in [1.54, 1.807) is 7.11 Å². The van der Waals surface area contributed by atoms with Gasteiger partial charge in [0.2, 0.25) is 5.91 Å². The molecule has 130 valence electrons. The molecule has 1 N–H and O–H groups in total. The molecule has 2 aromatic heterocycles. The number of aromatic nitrogens is 2. The Balaban J connectivity index is 1.70. The third-order valence-corrected chi connectivity index (χ3v) is 4.83. The summed E-state index contributed by atoms with van der Waals surface area (Å²) in [6.07, 6.45) is 2.32. The topological polar surface area (TPSA) is 58.9 Å². The smallest absolute Gasteiger partial charge is 0.226 e. The predicted molar refractivity (Wildman–Crippen MR) is 93.1 cm³/mol. The van der Waals surface area contributed by atoms with Gasteiger partial charge >= 0.3 is 0 Å². The highest BCUT2D eigenvalue weighted by molar-refractivity contribution is 5.79. The van der Waals surface area contributed by atoms with Crippen molar-refractivity contribution in [3.05, 3.63) is 35.8 Å². The van der Waals surface area contributed by atoms with Crippen molar-refractivity contribution in [1.82, 2.24) is 19.6 Å². The molecule has 3 heterocycles. The van der Waals surface area contributed by atoms with Crippen molar-refractivity contribution in [2.45, 2.75) is 45.4 Å². The van der Waals surface area contributed by atoms with Gasteiger partial charge in [0.1, 0.15) is 5.65 Å². The van der Waals surface area contributed by atoms with E-state index in [1.807, 2.05) is 35.7 Å². The summed E-state index contributed by atoms with van der Waals surface area (Å²) in [4.78, 5) is 19.4. The highest BCUT2D eigenvalue weighted by Gasteiger charge is 2.35. The van der Waals surface area contributed by atoms with Gasteiger partial charge in [0, 0.05) is 32.4 Å². The highest BCUT2D eigenvalue weighted by Crippen LogP contribution is 2.17. The van der Waals surface area contributed by atoms with Crippen molar-refractivity contribution >= 4 is 11.6 Å². The molecule has 1 fully saturated rings. The maximum Gasteiger partial charge on any atom is 0.226 e. The number of likely N-dealkylation sites (tertiary alicyclic amines) is 1. The van der Waals surface area contributed by atoms with E-state index in [-0.39, 0.29) is 18.1 Å². The van der Waals surface area contributed by atoms with Crippen LogP contribution >= 0.6 is 0 Å². The second-order valence-electron chi connectivity index (χ2n) is 6.75. The van der Waals surface area contributed by atoms with Crippen LogP contribution in [0.3, 0.4) is 0 Å². The lowest BCUT2D eigenvalue weighted by Crippen LogP contribution is -2.44. The van der Waals surface area contributed by atoms with Crippen LogP contribution in [-0.2, 0) is 16.0 Å². The normalized spacial score (nSPS) is 21.7. The number of hydrogen-bond acceptors (Lipinski definition) is 4. The minimum Gasteiger partial charge on any atom is -0.378 e. The largest absolute Gasteiger partial charge is 0.378 e. The van der Waals surface area contributed by atoms with E-state index in [2.05, 4.69) is 29.0 Å². The summed E-state index contributed by atoms with van der Waals surface area (Å²) < 4.78 is 7.54. The Labute approximate surface area is 142 Å². The van der Waals surface area contributed by atoms with E-state index in [0.29, 0.717) is 12.5 Å². The number of ether oxygens (including phenoxy) is 1. The number of fused-ring (bicyclic) bond motifs is 1. The van der Waals surface area contributed by atoms with Crippen LogP contribution in [0.1, 0.15) is 25.2 Å². The van der Waals surface area contributed by atoms with E-state index in [9.17, 15) is 4.79 Å². The first-order valence-electron chi connectivity index (χ1n) is 8.48. The van der Waals surface area contributed by atoms with Gasteiger partial charge in [0.05, 0.1) is 30.0 Å². The lowest BCUT2D eigenvalue weighted by Gasteiger charge is -2.20. The standard InChI is InChI=1S/C18H26N4O2/c1-12(2)21-10-14(16(11-21)24-4)20-18(23)9-15-13(3)19-17-7-5-6-8-22(15)17/h5-8,12,14,16H,9-11H2,1-4H3,(H,20,23)/t14-,16-/m1/s1. The fourth-order valence-electron chi connectivity index (χ4n) is 3.39. The zero-order chi connectivity index (χ0) is 17.3. The quantitative estimate of drug-likeness (QED) is 0.900. The van der Waals surface area contributed by atoms with Gasteiger partial charge in [-0.2, -0.15) is 0 Å². The van der Waals surface area contributed by atoms with Gasteiger partial charge in [-0.1, -0.05) is 6.07 Å². The predicted octanol–water partition coefficient (Wildman–Crippen LogP) is 1.41. The van der Waals surface area contributed by atoms with Crippen molar-refractivity contribution in [1.29, 1.82) is 0 Å². The third kappa shape index (κ3) is 3.30. The fraction of sp³-hybridized carbons (Fsp3) is 0.556. The Kier molecular flexibility index (Phi) is 4.87. The second-order valence-corrected chi connectivity index (χ2v) is 6.75. The summed E-state index contributed by atoms with van der Waals surface area (Å²) in [5.74, 6) is 0.0152. The molecule has 3 rings (SSSR count). The van der Waals surface area contributed by atoms with Gasteiger partial charge in [0.15, 0.2) is 0 Å². The van der Waals surface area contributed by atoms with Crippen LogP contribution in [-0.4, -0.2) is 58.6 Å². The van der Waals surface area contributed by atoms with Crippen LogP contribution < -0.4 is 5.32 Å². The molecule has 0 aliphatic carbocycles. The van der Waals surface area contributed by atoms with Gasteiger partial charge in [-0.05, 0) is 32.9 Å². The number of nitrogens with zero attached hydrogens (tertiary/aromatic N) is 3. The number of methoxy groups -OCH3 is 1. The SMILES string of the molecule is CO[C@@H]1CN(C(C)C)C[C@H]1NC(=O)Cc1c(C)nc2ccccn12. The van der Waals surface area contributed by atoms with Crippen molar-refractivity contribution in [3.8, 4) is 0 Å². The van der Waals surface area contributed by atoms with Crippen LogP contribution in [0.25, 0.3) is 5.65 Å². The van der Waals surface area contributed by atoms with Crippen molar-refractivity contribution in [3.63, 3.8) is 0 Å². The molecule has 6 nitrogen and oxygen atoms in total. The molecular weight excluding hydrogens is 304 g/mol. The Morgan fingerprint density at radius 3 is 2.92 bits per heavy atom. The Bertz CT molecular complexity index is 725. The minimum atomic E-state index is 0.0152. The maximum atomic E-state index is 12.6. The number of rotatable bonds is 5. The van der Waals surface area contributed by atoms with Crippen LogP contribution in [0.15, 0.2) is 24.4 Å². The zero-order valence-corrected chi connectivity index (χ0v) is 14.8. The summed E-state index contributed by atoms with van der Waals surface area (Å²) in [5.41, 5.74) is 2.71. The van der Waals surface area contributed by atoms with E-state index in [1.165, 1.54) is 0 Å². The lowest BCUT2D eigenvalue weighted by atomic mass is 10.2. The summed E-state index contributed by atoms with van der Waals surface area (Å²) in [6, 6.07) is 6.34. The van der Waals surface area contributed by atoms with Gasteiger partial charge in [-0.15, -0.1) is 0 Å². The first-order valence-corrected chi connectivity index (χ1v) is 8.48. The van der Waals surface area contributed by atoms with Crippen molar-refractivity contribution in [2.75, 3.05) is 20.2 Å². The molecule has 1 aliphatic rings. The van der Waals surface area contributed by atoms with E-state index >= 15 is 0 Å². The summed E-state index contributed by atoms with van der Waals surface area (Å²) in [7, 11) is 1.71. The van der Waals surface area contributed by atoms with Crippen LogP contribution in [0.5, 0.6) is 0 Å².